The molecule has 0 spiro atoms. The van der Waals surface area contributed by atoms with Crippen molar-refractivity contribution in [3.05, 3.63) is 45.6 Å². The first-order valence-electron chi connectivity index (χ1n) is 4.27. The number of nitrogens with zero attached hydrogens (tertiary/aromatic N) is 1. The van der Waals surface area contributed by atoms with Crippen molar-refractivity contribution in [1.29, 1.82) is 0 Å². The minimum atomic E-state index is -1.80. The summed E-state index contributed by atoms with van der Waals surface area (Å²) in [6.07, 6.45) is -0.730. The molecule has 0 amide bonds. The summed E-state index contributed by atoms with van der Waals surface area (Å²) in [6, 6.07) is 1.47. The zero-order chi connectivity index (χ0) is 13.0. The van der Waals surface area contributed by atoms with E-state index in [9.17, 15) is 23.3 Å². The largest absolute Gasteiger partial charge is 0.457 e. The van der Waals surface area contributed by atoms with E-state index in [1.807, 2.05) is 0 Å². The number of hydrogen-bond acceptors (Lipinski definition) is 3. The lowest BCUT2D eigenvalue weighted by molar-refractivity contribution is -0.401. The molecular weight excluding hydrogens is 258 g/mol. The zero-order valence-electron chi connectivity index (χ0n) is 8.27. The van der Waals surface area contributed by atoms with Crippen LogP contribution in [0.2, 0.25) is 0 Å². The Hall–Kier alpha value is -1.62. The first-order chi connectivity index (χ1) is 7.90. The van der Waals surface area contributed by atoms with Crippen LogP contribution in [0.4, 0.5) is 13.2 Å². The van der Waals surface area contributed by atoms with Crippen LogP contribution in [0.1, 0.15) is 5.56 Å². The maximum atomic E-state index is 13.3. The van der Waals surface area contributed by atoms with E-state index in [1.54, 1.807) is 9.24 Å². The highest BCUT2D eigenvalue weighted by Gasteiger charge is 2.12. The molecule has 0 aromatic heterocycles. The topological polar surface area (TPSA) is 52.4 Å². The van der Waals surface area contributed by atoms with E-state index in [-0.39, 0.29) is 5.75 Å². The van der Waals surface area contributed by atoms with Crippen molar-refractivity contribution >= 4 is 15.3 Å². The molecule has 4 nitrogen and oxygen atoms in total. The fraction of sp³-hybridized carbons (Fsp3) is 0.111. The highest BCUT2D eigenvalue weighted by molar-refractivity contribution is 7.16. The second kappa shape index (κ2) is 5.63. The fourth-order valence-corrected chi connectivity index (χ4v) is 1.21. The van der Waals surface area contributed by atoms with Crippen LogP contribution < -0.4 is 4.74 Å². The molecule has 0 fully saturated rings. The number of alkyl halides is 1. The van der Waals surface area contributed by atoms with Gasteiger partial charge in [-0.3, -0.25) is 10.1 Å². The molecule has 0 heterocycles. The SMILES string of the molecule is O=[N+]([O-])/C=C/c1c(F)cc(OC(F)P)cc1F. The Morgan fingerprint density at radius 2 is 1.94 bits per heavy atom. The molecule has 0 aliphatic heterocycles. The van der Waals surface area contributed by atoms with Crippen LogP contribution in [0.25, 0.3) is 6.08 Å². The summed E-state index contributed by atoms with van der Waals surface area (Å²) in [5, 5.41) is 10.0. The summed E-state index contributed by atoms with van der Waals surface area (Å²) >= 11 is 0. The molecule has 0 radical (unpaired) electrons. The van der Waals surface area contributed by atoms with Gasteiger partial charge in [-0.15, -0.1) is 0 Å². The third-order valence-electron chi connectivity index (χ3n) is 1.66. The molecule has 0 aliphatic carbocycles. The van der Waals surface area contributed by atoms with E-state index >= 15 is 0 Å². The van der Waals surface area contributed by atoms with Gasteiger partial charge >= 0.3 is 0 Å². The Balaban J connectivity index is 3.06. The predicted molar refractivity (Wildman–Crippen MR) is 57.6 cm³/mol. The maximum Gasteiger partial charge on any atom is 0.249 e. The van der Waals surface area contributed by atoms with E-state index in [1.165, 1.54) is 0 Å². The molecule has 0 bridgehead atoms. The molecule has 1 aromatic rings. The predicted octanol–water partition coefficient (Wildman–Crippen LogP) is 2.72. The van der Waals surface area contributed by atoms with Gasteiger partial charge in [-0.05, 0) is 0 Å². The summed E-state index contributed by atoms with van der Waals surface area (Å²) in [6.45, 7) is 0. The minimum absolute atomic E-state index is 0.347. The smallest absolute Gasteiger partial charge is 0.249 e. The first-order valence-corrected chi connectivity index (χ1v) is 4.94. The van der Waals surface area contributed by atoms with Crippen LogP contribution in [0.5, 0.6) is 5.75 Å². The van der Waals surface area contributed by atoms with Crippen LogP contribution in [-0.2, 0) is 0 Å². The Labute approximate surface area is 96.4 Å². The van der Waals surface area contributed by atoms with Crippen LogP contribution in [0.15, 0.2) is 18.3 Å². The molecule has 0 aliphatic rings. The van der Waals surface area contributed by atoms with E-state index in [0.29, 0.717) is 12.3 Å². The number of nitro groups is 1. The van der Waals surface area contributed by atoms with Gasteiger partial charge in [0.25, 0.3) is 0 Å². The normalized spacial score (nSPS) is 12.7. The third-order valence-corrected chi connectivity index (χ3v) is 1.80. The summed E-state index contributed by atoms with van der Waals surface area (Å²) in [5.74, 6) is -2.51. The van der Waals surface area contributed by atoms with Gasteiger partial charge in [0.1, 0.15) is 17.4 Å². The average Bonchev–Trinajstić information content (AvgIpc) is 2.14. The number of benzene rings is 1. The third kappa shape index (κ3) is 4.03. The average molecular weight is 265 g/mol. The van der Waals surface area contributed by atoms with Crippen LogP contribution in [0, 0.1) is 21.7 Å². The standard InChI is InChI=1S/C9H7F3NO3P/c10-7-3-5(16-9(12)17)4-8(11)6(7)1-2-13(14)15/h1-4,9H,17H2/b2-1+. The summed E-state index contributed by atoms with van der Waals surface area (Å²) in [7, 11) is 1.65. The molecule has 2 unspecified atom stereocenters. The van der Waals surface area contributed by atoms with Gasteiger partial charge in [-0.2, -0.15) is 4.39 Å². The first kappa shape index (κ1) is 13.4. The molecule has 92 valence electrons. The number of ether oxygens (including phenoxy) is 1. The van der Waals surface area contributed by atoms with Crippen molar-refractivity contribution in [2.24, 2.45) is 0 Å². The summed E-state index contributed by atoms with van der Waals surface area (Å²) in [5.41, 5.74) is -0.590. The van der Waals surface area contributed by atoms with Crippen molar-refractivity contribution in [2.75, 3.05) is 0 Å². The van der Waals surface area contributed by atoms with Crippen molar-refractivity contribution in [3.8, 4) is 5.75 Å². The van der Waals surface area contributed by atoms with Gasteiger partial charge in [0.2, 0.25) is 12.3 Å². The van der Waals surface area contributed by atoms with Crippen LogP contribution in [0.3, 0.4) is 0 Å². The summed E-state index contributed by atoms with van der Waals surface area (Å²) < 4.78 is 43.4. The van der Waals surface area contributed by atoms with Crippen molar-refractivity contribution < 1.29 is 22.8 Å². The quantitative estimate of drug-likeness (QED) is 0.478. The zero-order valence-corrected chi connectivity index (χ0v) is 9.42. The van der Waals surface area contributed by atoms with E-state index in [2.05, 4.69) is 4.74 Å². The molecule has 8 heteroatoms. The van der Waals surface area contributed by atoms with Crippen LogP contribution >= 0.6 is 9.24 Å². The Morgan fingerprint density at radius 3 is 2.35 bits per heavy atom. The van der Waals surface area contributed by atoms with Gasteiger partial charge in [-0.25, -0.2) is 8.78 Å². The molecule has 0 saturated heterocycles. The number of halogens is 3. The van der Waals surface area contributed by atoms with Gasteiger partial charge < -0.3 is 4.74 Å². The van der Waals surface area contributed by atoms with Gasteiger partial charge in [0, 0.05) is 18.2 Å². The maximum absolute atomic E-state index is 13.3. The number of rotatable bonds is 4. The van der Waals surface area contributed by atoms with Crippen LogP contribution in [-0.4, -0.2) is 11.0 Å². The van der Waals surface area contributed by atoms with E-state index in [4.69, 9.17) is 0 Å². The van der Waals surface area contributed by atoms with Gasteiger partial charge in [0.05, 0.1) is 10.5 Å². The Bertz CT molecular complexity index is 442. The second-order valence-corrected chi connectivity index (χ2v) is 3.39. The lowest BCUT2D eigenvalue weighted by Gasteiger charge is -2.08. The molecule has 2 atom stereocenters. The lowest BCUT2D eigenvalue weighted by atomic mass is 10.2. The molecule has 1 rings (SSSR count). The van der Waals surface area contributed by atoms with Gasteiger partial charge in [-0.1, -0.05) is 9.24 Å². The fourth-order valence-electron chi connectivity index (χ4n) is 1.05. The molecule has 1 aromatic carbocycles. The second-order valence-electron chi connectivity index (χ2n) is 2.87. The van der Waals surface area contributed by atoms with Crippen molar-refractivity contribution in [2.45, 2.75) is 6.10 Å². The lowest BCUT2D eigenvalue weighted by Crippen LogP contribution is -2.01. The highest BCUT2D eigenvalue weighted by Crippen LogP contribution is 2.23. The molecule has 0 N–H and O–H groups in total. The Morgan fingerprint density at radius 1 is 1.41 bits per heavy atom. The highest BCUT2D eigenvalue weighted by atomic mass is 31.0. The molecular formula is C9H7F3NO3P. The summed E-state index contributed by atoms with van der Waals surface area (Å²) in [4.78, 5) is 9.15. The van der Waals surface area contributed by atoms with E-state index < -0.39 is 28.2 Å². The number of hydrogen-bond donors (Lipinski definition) is 0. The Kier molecular flexibility index (Phi) is 4.45. The van der Waals surface area contributed by atoms with Crippen molar-refractivity contribution in [1.82, 2.24) is 0 Å². The van der Waals surface area contributed by atoms with Gasteiger partial charge in [0.15, 0.2) is 0 Å². The van der Waals surface area contributed by atoms with Crippen molar-refractivity contribution in [3.63, 3.8) is 0 Å². The molecule has 0 saturated carbocycles. The van der Waals surface area contributed by atoms with E-state index in [0.717, 1.165) is 12.1 Å². The monoisotopic (exact) mass is 265 g/mol. The minimum Gasteiger partial charge on any atom is -0.457 e. The molecule has 17 heavy (non-hydrogen) atoms.